The fourth-order valence-electron chi connectivity index (χ4n) is 3.11. The lowest BCUT2D eigenvalue weighted by Crippen LogP contribution is -2.41. The first-order chi connectivity index (χ1) is 12.6. The van der Waals surface area contributed by atoms with Crippen molar-refractivity contribution >= 4 is 39.5 Å². The number of nitrogens with one attached hydrogen (secondary N) is 1. The highest BCUT2D eigenvalue weighted by Gasteiger charge is 2.21. The van der Waals surface area contributed by atoms with Gasteiger partial charge in [0.2, 0.25) is 0 Å². The lowest BCUT2D eigenvalue weighted by Gasteiger charge is -2.19. The number of carbonyl (C=O) groups is 2. The van der Waals surface area contributed by atoms with E-state index in [1.165, 1.54) is 30.3 Å². The topological polar surface area (TPSA) is 68.3 Å². The van der Waals surface area contributed by atoms with Crippen LogP contribution in [0.3, 0.4) is 0 Å². The Morgan fingerprint density at radius 3 is 2.69 bits per heavy atom. The molecule has 1 aromatic carbocycles. The first kappa shape index (κ1) is 18.6. The molecule has 1 fully saturated rings. The van der Waals surface area contributed by atoms with E-state index >= 15 is 0 Å². The van der Waals surface area contributed by atoms with Crippen molar-refractivity contribution in [3.8, 4) is 0 Å². The highest BCUT2D eigenvalue weighted by atomic mass is 32.1. The number of hydrogen-bond donors (Lipinski definition) is 1. The van der Waals surface area contributed by atoms with Gasteiger partial charge in [0.05, 0.1) is 10.2 Å². The lowest BCUT2D eigenvalue weighted by molar-refractivity contribution is -0.150. The maximum Gasteiger partial charge on any atom is 0.331 e. The molecule has 1 amide bonds. The van der Waals surface area contributed by atoms with Gasteiger partial charge in [-0.15, -0.1) is 11.3 Å². The average molecular weight is 372 g/mol. The largest absolute Gasteiger partial charge is 0.449 e. The van der Waals surface area contributed by atoms with Crippen LogP contribution >= 0.6 is 11.3 Å². The molecule has 3 rings (SSSR count). The Hall–Kier alpha value is -2.21. The average Bonchev–Trinajstić information content (AvgIpc) is 2.88. The maximum atomic E-state index is 12.2. The lowest BCUT2D eigenvalue weighted by atomic mass is 10.1. The molecule has 2 aromatic rings. The zero-order chi connectivity index (χ0) is 18.4. The molecule has 1 atom stereocenters. The summed E-state index contributed by atoms with van der Waals surface area (Å²) in [5.74, 6) is -0.758. The van der Waals surface area contributed by atoms with Gasteiger partial charge in [0.1, 0.15) is 5.01 Å². The zero-order valence-electron chi connectivity index (χ0n) is 14.9. The summed E-state index contributed by atoms with van der Waals surface area (Å²) >= 11 is 1.50. The van der Waals surface area contributed by atoms with Gasteiger partial charge in [-0.1, -0.05) is 37.8 Å². The van der Waals surface area contributed by atoms with Crippen molar-refractivity contribution in [3.63, 3.8) is 0 Å². The third-order valence-electron chi connectivity index (χ3n) is 4.54. The van der Waals surface area contributed by atoms with Crippen LogP contribution in [0.2, 0.25) is 0 Å². The molecule has 0 bridgehead atoms. The van der Waals surface area contributed by atoms with Gasteiger partial charge in [0.15, 0.2) is 6.10 Å². The predicted molar refractivity (Wildman–Crippen MR) is 104 cm³/mol. The van der Waals surface area contributed by atoms with Gasteiger partial charge in [0.25, 0.3) is 5.91 Å². The molecule has 1 N–H and O–H groups in total. The Kier molecular flexibility index (Phi) is 6.39. The predicted octanol–water partition coefficient (Wildman–Crippen LogP) is 4.08. The molecular formula is C20H24N2O3S. The van der Waals surface area contributed by atoms with Crippen LogP contribution in [0.5, 0.6) is 0 Å². The minimum absolute atomic E-state index is 0.199. The van der Waals surface area contributed by atoms with Gasteiger partial charge >= 0.3 is 5.97 Å². The summed E-state index contributed by atoms with van der Waals surface area (Å²) in [5, 5.41) is 3.74. The first-order valence-electron chi connectivity index (χ1n) is 9.16. The zero-order valence-corrected chi connectivity index (χ0v) is 15.8. The van der Waals surface area contributed by atoms with E-state index in [-0.39, 0.29) is 11.9 Å². The molecular weight excluding hydrogens is 348 g/mol. The van der Waals surface area contributed by atoms with Crippen LogP contribution in [0, 0.1) is 0 Å². The van der Waals surface area contributed by atoms with Crippen molar-refractivity contribution in [1.82, 2.24) is 10.3 Å². The molecule has 0 saturated heterocycles. The number of para-hydroxylation sites is 1. The second-order valence-corrected chi connectivity index (χ2v) is 7.69. The highest BCUT2D eigenvalue weighted by molar-refractivity contribution is 7.19. The number of amides is 1. The summed E-state index contributed by atoms with van der Waals surface area (Å²) in [6.45, 7) is 1.61. The smallest absolute Gasteiger partial charge is 0.331 e. The second-order valence-electron chi connectivity index (χ2n) is 6.63. The van der Waals surface area contributed by atoms with Crippen LogP contribution in [0.4, 0.5) is 0 Å². The fourth-order valence-corrected chi connectivity index (χ4v) is 3.98. The molecule has 26 heavy (non-hydrogen) atoms. The van der Waals surface area contributed by atoms with E-state index in [1.54, 1.807) is 13.0 Å². The highest BCUT2D eigenvalue weighted by Crippen LogP contribution is 2.22. The number of thiazole rings is 1. The van der Waals surface area contributed by atoms with Crippen LogP contribution in [0.1, 0.15) is 50.5 Å². The van der Waals surface area contributed by atoms with Gasteiger partial charge in [-0.3, -0.25) is 4.79 Å². The summed E-state index contributed by atoms with van der Waals surface area (Å²) in [6.07, 6.45) is 8.91. The minimum Gasteiger partial charge on any atom is -0.449 e. The monoisotopic (exact) mass is 372 g/mol. The van der Waals surface area contributed by atoms with Crippen LogP contribution in [-0.2, 0) is 14.3 Å². The Morgan fingerprint density at radius 2 is 1.96 bits per heavy atom. The Morgan fingerprint density at radius 1 is 1.23 bits per heavy atom. The van der Waals surface area contributed by atoms with E-state index in [1.807, 2.05) is 24.3 Å². The Labute approximate surface area is 157 Å². The minimum atomic E-state index is -0.800. The number of nitrogens with zero attached hydrogens (tertiary/aromatic N) is 1. The normalized spacial score (nSPS) is 17.1. The van der Waals surface area contributed by atoms with Gasteiger partial charge in [0, 0.05) is 12.1 Å². The molecule has 1 heterocycles. The molecule has 1 saturated carbocycles. The van der Waals surface area contributed by atoms with Gasteiger partial charge < -0.3 is 10.1 Å². The van der Waals surface area contributed by atoms with Crippen LogP contribution in [-0.4, -0.2) is 29.0 Å². The molecule has 6 heteroatoms. The van der Waals surface area contributed by atoms with Crippen molar-refractivity contribution in [2.24, 2.45) is 0 Å². The third kappa shape index (κ3) is 5.14. The van der Waals surface area contributed by atoms with Crippen molar-refractivity contribution in [1.29, 1.82) is 0 Å². The number of esters is 1. The third-order valence-corrected chi connectivity index (χ3v) is 5.54. The van der Waals surface area contributed by atoms with Crippen LogP contribution < -0.4 is 5.32 Å². The van der Waals surface area contributed by atoms with Crippen LogP contribution in [0.25, 0.3) is 16.3 Å². The van der Waals surface area contributed by atoms with Gasteiger partial charge in [-0.2, -0.15) is 0 Å². The fraction of sp³-hybridized carbons (Fsp3) is 0.450. The van der Waals surface area contributed by atoms with E-state index in [4.69, 9.17) is 4.74 Å². The molecule has 1 aliphatic rings. The summed E-state index contributed by atoms with van der Waals surface area (Å²) in [4.78, 5) is 28.6. The van der Waals surface area contributed by atoms with E-state index in [2.05, 4.69) is 10.3 Å². The number of fused-ring (bicyclic) bond motifs is 1. The summed E-state index contributed by atoms with van der Waals surface area (Å²) in [6, 6.07) is 8.00. The summed E-state index contributed by atoms with van der Waals surface area (Å²) in [7, 11) is 0. The second kappa shape index (κ2) is 8.94. The quantitative estimate of drug-likeness (QED) is 0.488. The maximum absolute atomic E-state index is 12.2. The molecule has 5 nitrogen and oxygen atoms in total. The summed E-state index contributed by atoms with van der Waals surface area (Å²) in [5.41, 5.74) is 0.904. The molecule has 0 spiro atoms. The van der Waals surface area contributed by atoms with E-state index < -0.39 is 12.1 Å². The molecule has 1 aliphatic carbocycles. The number of carbonyl (C=O) groups excluding carboxylic acids is 2. The van der Waals surface area contributed by atoms with Gasteiger partial charge in [-0.25, -0.2) is 9.78 Å². The number of ether oxygens (including phenoxy) is 1. The van der Waals surface area contributed by atoms with Crippen molar-refractivity contribution in [2.45, 2.75) is 57.6 Å². The van der Waals surface area contributed by atoms with E-state index in [0.29, 0.717) is 0 Å². The number of aromatic nitrogens is 1. The number of benzene rings is 1. The Balaban J connectivity index is 1.50. The van der Waals surface area contributed by atoms with Gasteiger partial charge in [-0.05, 0) is 38.0 Å². The molecule has 0 aliphatic heterocycles. The standard InChI is InChI=1S/C20H24N2O3S/c1-14(20(24)21-15-8-4-2-3-5-9-15)25-19(23)13-12-18-22-16-10-6-7-11-17(16)26-18/h6-7,10-15H,2-5,8-9H2,1H3,(H,21,24)/b13-12+/t14-/m1/s1. The number of rotatable bonds is 5. The van der Waals surface area contributed by atoms with Crippen molar-refractivity contribution in [2.75, 3.05) is 0 Å². The van der Waals surface area contributed by atoms with E-state index in [9.17, 15) is 9.59 Å². The van der Waals surface area contributed by atoms with Crippen LogP contribution in [0.15, 0.2) is 30.3 Å². The molecule has 0 unspecified atom stereocenters. The van der Waals surface area contributed by atoms with Crippen molar-refractivity contribution in [3.05, 3.63) is 35.3 Å². The molecule has 0 radical (unpaired) electrons. The molecule has 1 aromatic heterocycles. The number of hydrogen-bond acceptors (Lipinski definition) is 5. The Bertz CT molecular complexity index is 758. The first-order valence-corrected chi connectivity index (χ1v) is 9.98. The molecule has 138 valence electrons. The SMILES string of the molecule is C[C@@H](OC(=O)/C=C/c1nc2ccccc2s1)C(=O)NC1CCCCCC1. The van der Waals surface area contributed by atoms with E-state index in [0.717, 1.165) is 40.9 Å². The van der Waals surface area contributed by atoms with Crippen molar-refractivity contribution < 1.29 is 14.3 Å². The summed E-state index contributed by atoms with van der Waals surface area (Å²) < 4.78 is 6.29.